The molecule has 2 N–H and O–H groups in total. The fourth-order valence-electron chi connectivity index (χ4n) is 1.43. The van der Waals surface area contributed by atoms with Crippen molar-refractivity contribution in [1.82, 2.24) is 10.6 Å². The van der Waals surface area contributed by atoms with Gasteiger partial charge in [-0.3, -0.25) is 0 Å². The first-order valence-corrected chi connectivity index (χ1v) is 4.64. The normalized spacial score (nSPS) is 18.8. The van der Waals surface area contributed by atoms with Gasteiger partial charge in [0.15, 0.2) is 0 Å². The molecule has 0 unspecified atom stereocenters. The maximum atomic E-state index is 3.33. The van der Waals surface area contributed by atoms with Gasteiger partial charge in [0.2, 0.25) is 0 Å². The third kappa shape index (κ3) is 2.25. The monoisotopic (exact) mass is 174 g/mol. The lowest BCUT2D eigenvalue weighted by molar-refractivity contribution is 0.692. The Bertz CT molecular complexity index is 265. The lowest BCUT2D eigenvalue weighted by atomic mass is 10.4. The van der Waals surface area contributed by atoms with E-state index >= 15 is 0 Å². The van der Waals surface area contributed by atoms with E-state index in [1.54, 1.807) is 0 Å². The predicted molar refractivity (Wildman–Crippen MR) is 54.8 cm³/mol. The van der Waals surface area contributed by atoms with E-state index in [9.17, 15) is 0 Å². The lowest BCUT2D eigenvalue weighted by Crippen LogP contribution is -2.27. The summed E-state index contributed by atoms with van der Waals surface area (Å²) in [6.07, 6.45) is 14.8. The Morgan fingerprint density at radius 1 is 0.923 bits per heavy atom. The summed E-state index contributed by atoms with van der Waals surface area (Å²) in [4.78, 5) is 0. The van der Waals surface area contributed by atoms with E-state index in [2.05, 4.69) is 47.1 Å². The van der Waals surface area contributed by atoms with Crippen LogP contribution >= 0.6 is 0 Å². The molecule has 0 radical (unpaired) electrons. The van der Waals surface area contributed by atoms with Crippen LogP contribution in [0.2, 0.25) is 0 Å². The van der Waals surface area contributed by atoms with E-state index in [0.29, 0.717) is 0 Å². The molecule has 2 aliphatic rings. The Morgan fingerprint density at radius 2 is 1.46 bits per heavy atom. The van der Waals surface area contributed by atoms with Crippen LogP contribution in [0, 0.1) is 0 Å². The highest BCUT2D eigenvalue weighted by Gasteiger charge is 1.99. The minimum Gasteiger partial charge on any atom is -0.371 e. The zero-order chi connectivity index (χ0) is 8.93. The van der Waals surface area contributed by atoms with Gasteiger partial charge in [-0.25, -0.2) is 0 Å². The van der Waals surface area contributed by atoms with Gasteiger partial charge in [-0.15, -0.1) is 0 Å². The van der Waals surface area contributed by atoms with Crippen molar-refractivity contribution in [2.75, 3.05) is 6.67 Å². The summed E-state index contributed by atoms with van der Waals surface area (Å²) in [7, 11) is 0. The molecule has 2 rings (SSSR count). The number of rotatable bonds is 4. The molecular formula is C11H14N2. The van der Waals surface area contributed by atoms with Gasteiger partial charge in [0.1, 0.15) is 0 Å². The predicted octanol–water partition coefficient (Wildman–Crippen LogP) is 1.81. The molecule has 0 saturated carbocycles. The van der Waals surface area contributed by atoms with Crippen LogP contribution in [0.4, 0.5) is 0 Å². The molecule has 0 fully saturated rings. The zero-order valence-electron chi connectivity index (χ0n) is 7.59. The molecule has 0 spiro atoms. The molecule has 0 atom stereocenters. The molecule has 0 aromatic carbocycles. The highest BCUT2D eigenvalue weighted by Crippen LogP contribution is 2.07. The second-order valence-corrected chi connectivity index (χ2v) is 3.18. The fraction of sp³-hybridized carbons (Fsp3) is 0.273. The summed E-state index contributed by atoms with van der Waals surface area (Å²) in [5.74, 6) is 0. The van der Waals surface area contributed by atoms with E-state index in [1.165, 1.54) is 11.4 Å². The molecule has 2 aliphatic carbocycles. The summed E-state index contributed by atoms with van der Waals surface area (Å²) in [5, 5.41) is 6.65. The number of hydrogen-bond acceptors (Lipinski definition) is 2. The molecule has 0 aromatic heterocycles. The maximum absolute atomic E-state index is 3.33. The van der Waals surface area contributed by atoms with Crippen LogP contribution < -0.4 is 10.6 Å². The van der Waals surface area contributed by atoms with Gasteiger partial charge in [-0.1, -0.05) is 24.3 Å². The first-order chi connectivity index (χ1) is 6.45. The summed E-state index contributed by atoms with van der Waals surface area (Å²) < 4.78 is 0. The molecule has 0 aliphatic heterocycles. The van der Waals surface area contributed by atoms with Crippen LogP contribution in [0.15, 0.2) is 47.9 Å². The average molecular weight is 174 g/mol. The summed E-state index contributed by atoms with van der Waals surface area (Å²) in [6, 6.07) is 0. The molecule has 0 saturated heterocycles. The Hall–Kier alpha value is -1.44. The average Bonchev–Trinajstić information content (AvgIpc) is 2.75. The molecule has 0 amide bonds. The lowest BCUT2D eigenvalue weighted by Gasteiger charge is -2.10. The van der Waals surface area contributed by atoms with Crippen LogP contribution in [0.25, 0.3) is 0 Å². The summed E-state index contributed by atoms with van der Waals surface area (Å²) in [6.45, 7) is 0.820. The fourth-order valence-corrected chi connectivity index (χ4v) is 1.43. The Morgan fingerprint density at radius 3 is 1.85 bits per heavy atom. The SMILES string of the molecule is C1=CCC(NCNC2=CC=CC2)=C1. The van der Waals surface area contributed by atoms with Gasteiger partial charge in [0, 0.05) is 24.2 Å². The zero-order valence-corrected chi connectivity index (χ0v) is 7.59. The van der Waals surface area contributed by atoms with E-state index in [1.807, 2.05) is 0 Å². The van der Waals surface area contributed by atoms with Gasteiger partial charge in [0.05, 0.1) is 6.67 Å². The van der Waals surface area contributed by atoms with Gasteiger partial charge < -0.3 is 10.6 Å². The molecule has 0 bridgehead atoms. The van der Waals surface area contributed by atoms with Gasteiger partial charge in [-0.2, -0.15) is 0 Å². The van der Waals surface area contributed by atoms with Crippen molar-refractivity contribution in [3.63, 3.8) is 0 Å². The van der Waals surface area contributed by atoms with Gasteiger partial charge >= 0.3 is 0 Å². The molecule has 0 heterocycles. The quantitative estimate of drug-likeness (QED) is 0.635. The number of nitrogens with one attached hydrogen (secondary N) is 2. The minimum absolute atomic E-state index is 0.820. The highest BCUT2D eigenvalue weighted by molar-refractivity contribution is 5.23. The van der Waals surface area contributed by atoms with Crippen LogP contribution in [0.5, 0.6) is 0 Å². The number of hydrogen-bond donors (Lipinski definition) is 2. The summed E-state index contributed by atoms with van der Waals surface area (Å²) >= 11 is 0. The van der Waals surface area contributed by atoms with Crippen molar-refractivity contribution in [2.45, 2.75) is 12.8 Å². The molecule has 13 heavy (non-hydrogen) atoms. The first kappa shape index (κ1) is 8.17. The van der Waals surface area contributed by atoms with E-state index in [-0.39, 0.29) is 0 Å². The van der Waals surface area contributed by atoms with Gasteiger partial charge in [0.25, 0.3) is 0 Å². The van der Waals surface area contributed by atoms with E-state index in [4.69, 9.17) is 0 Å². The third-order valence-corrected chi connectivity index (χ3v) is 2.17. The smallest absolute Gasteiger partial charge is 0.0844 e. The van der Waals surface area contributed by atoms with Crippen molar-refractivity contribution >= 4 is 0 Å². The largest absolute Gasteiger partial charge is 0.371 e. The van der Waals surface area contributed by atoms with Crippen LogP contribution in [-0.4, -0.2) is 6.67 Å². The van der Waals surface area contributed by atoms with Crippen molar-refractivity contribution < 1.29 is 0 Å². The second-order valence-electron chi connectivity index (χ2n) is 3.18. The van der Waals surface area contributed by atoms with Crippen molar-refractivity contribution in [3.8, 4) is 0 Å². The molecular weight excluding hydrogens is 160 g/mol. The van der Waals surface area contributed by atoms with Crippen LogP contribution in [-0.2, 0) is 0 Å². The standard InChI is InChI=1S/C11H14N2/c1-2-6-10(5-1)12-9-13-11-7-3-4-8-11/h1-5,7,12-13H,6,8-9H2. The molecule has 0 aromatic rings. The maximum Gasteiger partial charge on any atom is 0.0844 e. The Kier molecular flexibility index (Phi) is 2.51. The summed E-state index contributed by atoms with van der Waals surface area (Å²) in [5.41, 5.74) is 2.58. The van der Waals surface area contributed by atoms with Crippen LogP contribution in [0.1, 0.15) is 12.8 Å². The van der Waals surface area contributed by atoms with Crippen molar-refractivity contribution in [3.05, 3.63) is 47.9 Å². The van der Waals surface area contributed by atoms with Crippen molar-refractivity contribution in [1.29, 1.82) is 0 Å². The van der Waals surface area contributed by atoms with Crippen LogP contribution in [0.3, 0.4) is 0 Å². The third-order valence-electron chi connectivity index (χ3n) is 2.17. The van der Waals surface area contributed by atoms with Gasteiger partial charge in [-0.05, 0) is 12.2 Å². The Balaban J connectivity index is 1.64. The topological polar surface area (TPSA) is 24.1 Å². The Labute approximate surface area is 78.7 Å². The van der Waals surface area contributed by atoms with E-state index < -0.39 is 0 Å². The van der Waals surface area contributed by atoms with E-state index in [0.717, 1.165) is 19.5 Å². The highest BCUT2D eigenvalue weighted by atomic mass is 15.1. The molecule has 2 heteroatoms. The van der Waals surface area contributed by atoms with Crippen molar-refractivity contribution in [2.24, 2.45) is 0 Å². The first-order valence-electron chi connectivity index (χ1n) is 4.64. The minimum atomic E-state index is 0.820. The molecule has 2 nitrogen and oxygen atoms in total. The second kappa shape index (κ2) is 3.99. The molecule has 68 valence electrons. The number of allylic oxidation sites excluding steroid dienone is 6.